The lowest BCUT2D eigenvalue weighted by Gasteiger charge is -2.14. The maximum atomic E-state index is 12.7. The number of aryl methyl sites for hydroxylation is 1. The molecule has 0 unspecified atom stereocenters. The van der Waals surface area contributed by atoms with Crippen LogP contribution in [0.2, 0.25) is 0 Å². The van der Waals surface area contributed by atoms with Gasteiger partial charge in [0.25, 0.3) is 5.91 Å². The number of carbonyl (C=O) groups is 1. The Morgan fingerprint density at radius 1 is 1.23 bits per heavy atom. The number of anilines is 1. The zero-order valence-corrected chi connectivity index (χ0v) is 19.5. The van der Waals surface area contributed by atoms with Gasteiger partial charge in [-0.1, -0.05) is 31.4 Å². The summed E-state index contributed by atoms with van der Waals surface area (Å²) in [5.74, 6) is -0.0873. The van der Waals surface area contributed by atoms with E-state index >= 15 is 0 Å². The van der Waals surface area contributed by atoms with E-state index in [0.717, 1.165) is 35.2 Å². The SMILES string of the molecule is C=CC=C(C=C)c1cc(NCCC(F)(F)F)c2ncn(-c3ccc(C(=O)NC4CC4)c(C)c3)c2c1. The van der Waals surface area contributed by atoms with Gasteiger partial charge < -0.3 is 10.6 Å². The van der Waals surface area contributed by atoms with Gasteiger partial charge in [0.2, 0.25) is 0 Å². The number of halogens is 3. The van der Waals surface area contributed by atoms with E-state index < -0.39 is 12.6 Å². The molecule has 182 valence electrons. The minimum atomic E-state index is -4.26. The van der Waals surface area contributed by atoms with Gasteiger partial charge in [0.1, 0.15) is 11.8 Å². The van der Waals surface area contributed by atoms with E-state index in [0.29, 0.717) is 22.3 Å². The van der Waals surface area contributed by atoms with Crippen molar-refractivity contribution in [3.63, 3.8) is 0 Å². The topological polar surface area (TPSA) is 59.0 Å². The third-order valence-corrected chi connectivity index (χ3v) is 5.87. The predicted octanol–water partition coefficient (Wildman–Crippen LogP) is 6.35. The zero-order valence-electron chi connectivity index (χ0n) is 19.5. The summed E-state index contributed by atoms with van der Waals surface area (Å²) in [6.07, 6.45) is 3.52. The molecule has 3 aromatic rings. The van der Waals surface area contributed by atoms with Crippen molar-refractivity contribution in [2.24, 2.45) is 0 Å². The maximum Gasteiger partial charge on any atom is 0.390 e. The molecule has 1 aromatic heterocycles. The van der Waals surface area contributed by atoms with E-state index in [1.54, 1.807) is 36.7 Å². The Hall–Kier alpha value is -3.81. The summed E-state index contributed by atoms with van der Waals surface area (Å²) < 4.78 is 40.1. The first-order chi connectivity index (χ1) is 16.7. The molecule has 1 aliphatic carbocycles. The first-order valence-electron chi connectivity index (χ1n) is 11.4. The summed E-state index contributed by atoms with van der Waals surface area (Å²) in [5.41, 5.74) is 5.52. The highest BCUT2D eigenvalue weighted by Crippen LogP contribution is 2.31. The van der Waals surface area contributed by atoms with Gasteiger partial charge in [-0.05, 0) is 66.8 Å². The molecule has 35 heavy (non-hydrogen) atoms. The largest absolute Gasteiger partial charge is 0.390 e. The van der Waals surface area contributed by atoms with Gasteiger partial charge in [0.15, 0.2) is 0 Å². The molecule has 5 nitrogen and oxygen atoms in total. The quantitative estimate of drug-likeness (QED) is 0.351. The van der Waals surface area contributed by atoms with Crippen molar-refractivity contribution < 1.29 is 18.0 Å². The molecule has 1 amide bonds. The number of nitrogens with zero attached hydrogens (tertiary/aromatic N) is 2. The van der Waals surface area contributed by atoms with Crippen molar-refractivity contribution in [3.05, 3.63) is 84.7 Å². The average Bonchev–Trinajstić information content (AvgIpc) is 3.51. The highest BCUT2D eigenvalue weighted by Gasteiger charge is 2.27. The number of rotatable bonds is 9. The number of fused-ring (bicyclic) bond motifs is 1. The highest BCUT2D eigenvalue weighted by atomic mass is 19.4. The van der Waals surface area contributed by atoms with Crippen LogP contribution in [0.3, 0.4) is 0 Å². The summed E-state index contributed by atoms with van der Waals surface area (Å²) in [7, 11) is 0. The Bertz CT molecular complexity index is 1320. The van der Waals surface area contributed by atoms with E-state index in [1.165, 1.54) is 0 Å². The number of benzene rings is 2. The van der Waals surface area contributed by atoms with Crippen LogP contribution in [0.1, 0.15) is 40.7 Å². The number of carbonyl (C=O) groups excluding carboxylic acids is 1. The third-order valence-electron chi connectivity index (χ3n) is 5.87. The van der Waals surface area contributed by atoms with Gasteiger partial charge in [0.05, 0.1) is 17.6 Å². The molecule has 0 aliphatic heterocycles. The molecule has 1 heterocycles. The smallest absolute Gasteiger partial charge is 0.383 e. The van der Waals surface area contributed by atoms with E-state index in [2.05, 4.69) is 28.8 Å². The standard InChI is InChI=1S/C27H27F3N4O/c1-4-6-18(5-2)19-14-23(31-12-11-27(28,29)30)25-24(15-19)34(16-32-25)21-9-10-22(17(3)13-21)26(35)33-20-7-8-20/h4-6,9-10,13-16,20,31H,1-2,7-8,11-12H2,3H3,(H,33,35). The third kappa shape index (κ3) is 5.65. The second kappa shape index (κ2) is 9.82. The molecule has 0 bridgehead atoms. The highest BCUT2D eigenvalue weighted by molar-refractivity contribution is 5.97. The van der Waals surface area contributed by atoms with E-state index in [9.17, 15) is 18.0 Å². The summed E-state index contributed by atoms with van der Waals surface area (Å²) in [4.78, 5) is 17.0. The Kier molecular flexibility index (Phi) is 6.82. The summed E-state index contributed by atoms with van der Waals surface area (Å²) in [6, 6.07) is 9.48. The first-order valence-corrected chi connectivity index (χ1v) is 11.4. The number of hydrogen-bond acceptors (Lipinski definition) is 3. The second-order valence-corrected chi connectivity index (χ2v) is 8.61. The van der Waals surface area contributed by atoms with Gasteiger partial charge >= 0.3 is 6.18 Å². The van der Waals surface area contributed by atoms with Crippen LogP contribution in [-0.2, 0) is 0 Å². The van der Waals surface area contributed by atoms with Gasteiger partial charge in [-0.25, -0.2) is 4.98 Å². The molecule has 4 rings (SSSR count). The van der Waals surface area contributed by atoms with Crippen LogP contribution in [0, 0.1) is 6.92 Å². The van der Waals surface area contributed by atoms with Crippen molar-refractivity contribution in [2.45, 2.75) is 38.4 Å². The Morgan fingerprint density at radius 3 is 2.63 bits per heavy atom. The van der Waals surface area contributed by atoms with Gasteiger partial charge in [-0.2, -0.15) is 13.2 Å². The lowest BCUT2D eigenvalue weighted by molar-refractivity contribution is -0.131. The van der Waals surface area contributed by atoms with Gasteiger partial charge in [-0.15, -0.1) is 0 Å². The Balaban J connectivity index is 1.75. The summed E-state index contributed by atoms with van der Waals surface area (Å²) in [6.45, 7) is 9.18. The van der Waals surface area contributed by atoms with Crippen LogP contribution >= 0.6 is 0 Å². The summed E-state index contributed by atoms with van der Waals surface area (Å²) >= 11 is 0. The fourth-order valence-electron chi connectivity index (χ4n) is 3.91. The molecule has 1 saturated carbocycles. The van der Waals surface area contributed by atoms with Crippen molar-refractivity contribution in [2.75, 3.05) is 11.9 Å². The van der Waals surface area contributed by atoms with Crippen molar-refractivity contribution in [1.82, 2.24) is 14.9 Å². The van der Waals surface area contributed by atoms with Crippen LogP contribution in [0.5, 0.6) is 0 Å². The number of nitrogens with one attached hydrogen (secondary N) is 2. The van der Waals surface area contributed by atoms with Crippen LogP contribution in [0.25, 0.3) is 22.3 Å². The fourth-order valence-corrected chi connectivity index (χ4v) is 3.91. The zero-order chi connectivity index (χ0) is 25.2. The molecule has 0 spiro atoms. The second-order valence-electron chi connectivity index (χ2n) is 8.61. The fraction of sp³-hybridized carbons (Fsp3) is 0.259. The number of aromatic nitrogens is 2. The molecule has 2 aromatic carbocycles. The minimum Gasteiger partial charge on any atom is -0.383 e. The van der Waals surface area contributed by atoms with Crippen LogP contribution < -0.4 is 10.6 Å². The van der Waals surface area contributed by atoms with Crippen LogP contribution in [0.15, 0.2) is 68.0 Å². The van der Waals surface area contributed by atoms with E-state index in [4.69, 9.17) is 0 Å². The Labute approximate surface area is 202 Å². The normalized spacial score (nSPS) is 14.1. The molecular weight excluding hydrogens is 453 g/mol. The monoisotopic (exact) mass is 480 g/mol. The van der Waals surface area contributed by atoms with Crippen LogP contribution in [0.4, 0.5) is 18.9 Å². The van der Waals surface area contributed by atoms with E-state index in [1.807, 2.05) is 29.7 Å². The Morgan fingerprint density at radius 2 is 2.00 bits per heavy atom. The summed E-state index contributed by atoms with van der Waals surface area (Å²) in [5, 5.41) is 5.89. The number of allylic oxidation sites excluding steroid dienone is 4. The molecule has 8 heteroatoms. The van der Waals surface area contributed by atoms with Gasteiger partial charge in [-0.3, -0.25) is 9.36 Å². The van der Waals surface area contributed by atoms with Crippen molar-refractivity contribution in [3.8, 4) is 5.69 Å². The van der Waals surface area contributed by atoms with Crippen molar-refractivity contribution >= 4 is 28.2 Å². The first kappa shape index (κ1) is 24.3. The molecule has 1 fully saturated rings. The number of imidazole rings is 1. The average molecular weight is 481 g/mol. The molecule has 2 N–H and O–H groups in total. The minimum absolute atomic E-state index is 0.0873. The lowest BCUT2D eigenvalue weighted by atomic mass is 10.0. The number of hydrogen-bond donors (Lipinski definition) is 2. The molecular formula is C27H27F3N4O. The predicted molar refractivity (Wildman–Crippen MR) is 134 cm³/mol. The maximum absolute atomic E-state index is 12.7. The molecule has 0 radical (unpaired) electrons. The molecule has 0 saturated heterocycles. The molecule has 0 atom stereocenters. The van der Waals surface area contributed by atoms with Crippen molar-refractivity contribution in [1.29, 1.82) is 0 Å². The lowest BCUT2D eigenvalue weighted by Crippen LogP contribution is -2.26. The molecule has 1 aliphatic rings. The van der Waals surface area contributed by atoms with Crippen LogP contribution in [-0.4, -0.2) is 34.2 Å². The van der Waals surface area contributed by atoms with E-state index in [-0.39, 0.29) is 18.5 Å². The number of amides is 1. The number of alkyl halides is 3. The van der Waals surface area contributed by atoms with Gasteiger partial charge in [0, 0.05) is 23.8 Å².